The van der Waals surface area contributed by atoms with Gasteiger partial charge in [0.1, 0.15) is 13.2 Å². The van der Waals surface area contributed by atoms with Gasteiger partial charge in [0.2, 0.25) is 0 Å². The molecule has 9 heteroatoms. The number of hydrogen-bond donors (Lipinski definition) is 0. The summed E-state index contributed by atoms with van der Waals surface area (Å²) in [6.45, 7) is 4.55. The van der Waals surface area contributed by atoms with E-state index in [1.54, 1.807) is 6.08 Å². The molecule has 0 heterocycles. The number of carboxylic acids is 1. The van der Waals surface area contributed by atoms with Gasteiger partial charge in [-0.2, -0.15) is 0 Å². The molecule has 0 bridgehead atoms. The number of esters is 2. The number of ether oxygens (including phenoxy) is 4. The van der Waals surface area contributed by atoms with E-state index >= 15 is 0 Å². The van der Waals surface area contributed by atoms with Crippen LogP contribution >= 0.6 is 0 Å². The molecule has 0 amide bonds. The molecule has 0 rings (SSSR count). The van der Waals surface area contributed by atoms with Gasteiger partial charge in [-0.25, -0.2) is 0 Å². The van der Waals surface area contributed by atoms with Crippen molar-refractivity contribution in [1.82, 2.24) is 0 Å². The second kappa shape index (κ2) is 63.0. The first-order chi connectivity index (χ1) is 39.6. The van der Waals surface area contributed by atoms with Crippen molar-refractivity contribution in [3.05, 3.63) is 60.8 Å². The van der Waals surface area contributed by atoms with E-state index in [0.717, 1.165) is 44.9 Å². The van der Waals surface area contributed by atoms with Crippen LogP contribution < -0.4 is 5.11 Å². The Balaban J connectivity index is 3.91. The molecule has 472 valence electrons. The van der Waals surface area contributed by atoms with Crippen LogP contribution in [0.5, 0.6) is 0 Å². The first-order valence-corrected chi connectivity index (χ1v) is 34.4. The van der Waals surface area contributed by atoms with Crippen LogP contribution in [-0.4, -0.2) is 82.3 Å². The van der Waals surface area contributed by atoms with E-state index in [9.17, 15) is 19.5 Å². The van der Waals surface area contributed by atoms with Crippen LogP contribution in [0, 0.1) is 0 Å². The fourth-order valence-electron chi connectivity index (χ4n) is 10.1. The van der Waals surface area contributed by atoms with Crippen LogP contribution in [0.2, 0.25) is 0 Å². The van der Waals surface area contributed by atoms with Gasteiger partial charge < -0.3 is 33.3 Å². The molecule has 2 unspecified atom stereocenters. The molecule has 2 atom stereocenters. The van der Waals surface area contributed by atoms with Crippen LogP contribution in [0.3, 0.4) is 0 Å². The molecule has 0 fully saturated rings. The lowest BCUT2D eigenvalue weighted by Gasteiger charge is -2.26. The lowest BCUT2D eigenvalue weighted by molar-refractivity contribution is -0.870. The van der Waals surface area contributed by atoms with Crippen molar-refractivity contribution in [3.8, 4) is 0 Å². The SMILES string of the molecule is CC/C=C\C/C=C\C/C=C\C/C=C\C/C=C\CC(=O)OC(COC(=O)CCCCCCCCCCCCCCCCCCCCCCCCCCCCCCCCCCCCCCCCCCC)COC(OCC[N+](C)(C)C)C(=O)[O-]. The van der Waals surface area contributed by atoms with Gasteiger partial charge in [0.15, 0.2) is 12.4 Å². The molecule has 0 saturated heterocycles. The first kappa shape index (κ1) is 78.0. The van der Waals surface area contributed by atoms with Crippen molar-refractivity contribution in [2.45, 2.75) is 334 Å². The normalized spacial score (nSPS) is 13.0. The highest BCUT2D eigenvalue weighted by Crippen LogP contribution is 2.19. The molecule has 0 spiro atoms. The number of carbonyl (C=O) groups excluding carboxylic acids is 3. The summed E-state index contributed by atoms with van der Waals surface area (Å²) in [7, 11) is 5.90. The highest BCUT2D eigenvalue weighted by atomic mass is 16.7. The summed E-state index contributed by atoms with van der Waals surface area (Å²) in [5, 5.41) is 11.8. The summed E-state index contributed by atoms with van der Waals surface area (Å²) >= 11 is 0. The van der Waals surface area contributed by atoms with E-state index < -0.39 is 24.3 Å². The average Bonchev–Trinajstić information content (AvgIpc) is 3.44. The molecule has 9 nitrogen and oxygen atoms in total. The molecule has 0 radical (unpaired) electrons. The fourth-order valence-corrected chi connectivity index (χ4v) is 10.1. The molecular formula is C72H131NO8. The quantitative estimate of drug-likeness (QED) is 0.0195. The largest absolute Gasteiger partial charge is 0.545 e. The molecule has 0 aliphatic rings. The van der Waals surface area contributed by atoms with E-state index in [1.807, 2.05) is 33.3 Å². The molecule has 0 N–H and O–H groups in total. The number of aliphatic carboxylic acids is 1. The van der Waals surface area contributed by atoms with Crippen molar-refractivity contribution < 1.29 is 42.9 Å². The lowest BCUT2D eigenvalue weighted by atomic mass is 10.0. The number of carbonyl (C=O) groups is 3. The first-order valence-electron chi connectivity index (χ1n) is 34.4. The molecule has 0 aromatic rings. The third-order valence-corrected chi connectivity index (χ3v) is 15.3. The highest BCUT2D eigenvalue weighted by Gasteiger charge is 2.21. The number of hydrogen-bond acceptors (Lipinski definition) is 8. The van der Waals surface area contributed by atoms with Crippen molar-refractivity contribution in [1.29, 1.82) is 0 Å². The van der Waals surface area contributed by atoms with Crippen LogP contribution in [0.1, 0.15) is 322 Å². The Morgan fingerprint density at radius 3 is 1.00 bits per heavy atom. The maximum absolute atomic E-state index is 12.8. The smallest absolute Gasteiger partial charge is 0.310 e. The van der Waals surface area contributed by atoms with Crippen molar-refractivity contribution in [3.63, 3.8) is 0 Å². The molecule has 0 saturated carbocycles. The van der Waals surface area contributed by atoms with E-state index in [2.05, 4.69) is 56.4 Å². The van der Waals surface area contributed by atoms with Crippen molar-refractivity contribution >= 4 is 17.9 Å². The van der Waals surface area contributed by atoms with E-state index in [0.29, 0.717) is 17.4 Å². The summed E-state index contributed by atoms with van der Waals surface area (Å²) in [6.07, 6.45) is 79.6. The summed E-state index contributed by atoms with van der Waals surface area (Å²) < 4.78 is 22.6. The van der Waals surface area contributed by atoms with Gasteiger partial charge in [0, 0.05) is 6.42 Å². The predicted octanol–water partition coefficient (Wildman–Crippen LogP) is 19.8. The number of quaternary nitrogens is 1. The summed E-state index contributed by atoms with van der Waals surface area (Å²) in [5.74, 6) is -2.44. The van der Waals surface area contributed by atoms with Crippen LogP contribution in [0.15, 0.2) is 60.8 Å². The Kier molecular flexibility index (Phi) is 60.7. The third-order valence-electron chi connectivity index (χ3n) is 15.3. The van der Waals surface area contributed by atoms with Crippen molar-refractivity contribution in [2.75, 3.05) is 47.5 Å². The predicted molar refractivity (Wildman–Crippen MR) is 343 cm³/mol. The molecule has 0 aliphatic carbocycles. The monoisotopic (exact) mass is 1140 g/mol. The topological polar surface area (TPSA) is 111 Å². The standard InChI is InChI=1S/C72H131NO8/c1-6-8-10-12-14-16-18-20-22-23-24-25-26-27-28-29-30-31-32-33-34-35-36-37-38-39-40-41-42-43-44-45-46-47-49-50-52-54-56-58-60-62-69(74)79-66-68(67-80-72(71(76)77)78-65-64-73(3,4)5)81-70(75)63-61-59-57-55-53-51-48-21-19-17-15-13-11-9-7-2/h9,11,15,17,21,48,53,55,59,61,68,72H,6-8,10,12-14,16,18-20,22-47,49-52,54,56-58,60,62-67H2,1-5H3/b11-9-,17-15-,48-21-,55-53-,61-59-. The van der Waals surface area contributed by atoms with Crippen LogP contribution in [-0.2, 0) is 33.3 Å². The van der Waals surface area contributed by atoms with Gasteiger partial charge in [0.25, 0.3) is 0 Å². The van der Waals surface area contributed by atoms with Gasteiger partial charge in [-0.15, -0.1) is 0 Å². The fraction of sp³-hybridized carbons (Fsp3) is 0.819. The zero-order valence-electron chi connectivity index (χ0n) is 53.9. The van der Waals surface area contributed by atoms with Gasteiger partial charge >= 0.3 is 11.9 Å². The maximum Gasteiger partial charge on any atom is 0.310 e. The lowest BCUT2D eigenvalue weighted by Crippen LogP contribution is -2.44. The van der Waals surface area contributed by atoms with E-state index in [-0.39, 0.29) is 38.6 Å². The van der Waals surface area contributed by atoms with Crippen LogP contribution in [0.25, 0.3) is 0 Å². The summed E-state index contributed by atoms with van der Waals surface area (Å²) in [6, 6.07) is 0. The van der Waals surface area contributed by atoms with Crippen molar-refractivity contribution in [2.24, 2.45) is 0 Å². The summed E-state index contributed by atoms with van der Waals surface area (Å²) in [4.78, 5) is 37.2. The van der Waals surface area contributed by atoms with Gasteiger partial charge in [-0.1, -0.05) is 331 Å². The van der Waals surface area contributed by atoms with Crippen LogP contribution in [0.4, 0.5) is 0 Å². The number of rotatable bonds is 64. The van der Waals surface area contributed by atoms with Gasteiger partial charge in [0.05, 0.1) is 46.7 Å². The molecule has 0 aromatic heterocycles. The highest BCUT2D eigenvalue weighted by molar-refractivity contribution is 5.71. The minimum atomic E-state index is -1.65. The number of likely N-dealkylation sites (N-methyl/N-ethyl adjacent to an activating group) is 1. The summed E-state index contributed by atoms with van der Waals surface area (Å²) in [5.41, 5.74) is 0. The number of nitrogens with zero attached hydrogens (tertiary/aromatic N) is 1. The molecule has 0 aliphatic heterocycles. The Labute approximate surface area is 501 Å². The molecule has 81 heavy (non-hydrogen) atoms. The Hall–Kier alpha value is -3.01. The minimum absolute atomic E-state index is 0.0156. The molecular weight excluding hydrogens is 1010 g/mol. The van der Waals surface area contributed by atoms with E-state index in [1.165, 1.54) is 244 Å². The zero-order valence-corrected chi connectivity index (χ0v) is 53.9. The third kappa shape index (κ3) is 64.4. The Morgan fingerprint density at radius 1 is 0.383 bits per heavy atom. The number of carboxylic acid groups (broad SMARTS) is 1. The second-order valence-corrected chi connectivity index (χ2v) is 24.5. The average molecular weight is 1140 g/mol. The number of unbranched alkanes of at least 4 members (excludes halogenated alkanes) is 40. The maximum atomic E-state index is 12.8. The second-order valence-electron chi connectivity index (χ2n) is 24.5. The molecule has 0 aromatic carbocycles. The Bertz CT molecular complexity index is 1510. The Morgan fingerprint density at radius 2 is 0.691 bits per heavy atom. The van der Waals surface area contributed by atoms with Gasteiger partial charge in [-0.05, 0) is 38.5 Å². The minimum Gasteiger partial charge on any atom is -0.545 e. The number of allylic oxidation sites excluding steroid dienone is 9. The van der Waals surface area contributed by atoms with Gasteiger partial charge in [-0.3, -0.25) is 9.59 Å². The van der Waals surface area contributed by atoms with E-state index in [4.69, 9.17) is 18.9 Å². The zero-order chi connectivity index (χ0) is 59.1.